The minimum absolute atomic E-state index is 0.0767. The Balaban J connectivity index is 1.98. The topological polar surface area (TPSA) is 80.5 Å². The molecule has 3 rings (SSSR count). The Morgan fingerprint density at radius 2 is 2.10 bits per heavy atom. The van der Waals surface area contributed by atoms with Gasteiger partial charge in [0.1, 0.15) is 4.88 Å². The molecule has 2 N–H and O–H groups in total. The quantitative estimate of drug-likeness (QED) is 0.859. The summed E-state index contributed by atoms with van der Waals surface area (Å²) < 4.78 is 23.5. The molecule has 0 saturated heterocycles. The molecular weight excluding hydrogens is 376 g/mol. The van der Waals surface area contributed by atoms with Crippen LogP contribution in [-0.2, 0) is 16.4 Å². The fourth-order valence-corrected chi connectivity index (χ4v) is 4.39. The normalized spacial score (nSPS) is 14.3. The molecular formula is C13H11BrN2O3S2. The monoisotopic (exact) mass is 386 g/mol. The summed E-state index contributed by atoms with van der Waals surface area (Å²) >= 11 is 4.73. The van der Waals surface area contributed by atoms with Crippen molar-refractivity contribution >= 4 is 48.9 Å². The number of primary sulfonamides is 1. The van der Waals surface area contributed by atoms with Crippen molar-refractivity contribution in [1.29, 1.82) is 0 Å². The number of sulfonamides is 1. The van der Waals surface area contributed by atoms with Crippen molar-refractivity contribution in [2.24, 2.45) is 5.14 Å². The van der Waals surface area contributed by atoms with Crippen LogP contribution in [0.25, 0.3) is 0 Å². The van der Waals surface area contributed by atoms with Crippen molar-refractivity contribution < 1.29 is 13.2 Å². The molecule has 0 fully saturated rings. The molecule has 1 amide bonds. The minimum atomic E-state index is -3.72. The van der Waals surface area contributed by atoms with Crippen LogP contribution < -0.4 is 10.0 Å². The molecule has 8 heteroatoms. The molecule has 21 heavy (non-hydrogen) atoms. The van der Waals surface area contributed by atoms with Gasteiger partial charge in [-0.2, -0.15) is 0 Å². The van der Waals surface area contributed by atoms with Gasteiger partial charge in [0.15, 0.2) is 0 Å². The van der Waals surface area contributed by atoms with Crippen molar-refractivity contribution in [1.82, 2.24) is 0 Å². The van der Waals surface area contributed by atoms with Gasteiger partial charge in [-0.15, -0.1) is 11.3 Å². The first-order valence-electron chi connectivity index (χ1n) is 6.08. The van der Waals surface area contributed by atoms with Crippen molar-refractivity contribution in [2.75, 3.05) is 11.4 Å². The highest BCUT2D eigenvalue weighted by Gasteiger charge is 2.28. The molecule has 0 bridgehead atoms. The van der Waals surface area contributed by atoms with Gasteiger partial charge in [-0.25, -0.2) is 13.6 Å². The van der Waals surface area contributed by atoms with E-state index in [2.05, 4.69) is 15.9 Å². The van der Waals surface area contributed by atoms with Crippen molar-refractivity contribution in [2.45, 2.75) is 11.3 Å². The summed E-state index contributed by atoms with van der Waals surface area (Å²) in [6, 6.07) is 6.45. The van der Waals surface area contributed by atoms with Gasteiger partial charge in [0.25, 0.3) is 5.91 Å². The van der Waals surface area contributed by atoms with Gasteiger partial charge in [0.05, 0.1) is 4.90 Å². The van der Waals surface area contributed by atoms with E-state index in [1.54, 1.807) is 17.0 Å². The van der Waals surface area contributed by atoms with Crippen molar-refractivity contribution in [3.8, 4) is 0 Å². The molecule has 0 aliphatic carbocycles. The van der Waals surface area contributed by atoms with Crippen LogP contribution in [0, 0.1) is 0 Å². The van der Waals surface area contributed by atoms with Gasteiger partial charge in [0.2, 0.25) is 10.0 Å². The lowest BCUT2D eigenvalue weighted by molar-refractivity contribution is 0.0992. The van der Waals surface area contributed by atoms with Crippen molar-refractivity contribution in [3.63, 3.8) is 0 Å². The smallest absolute Gasteiger partial charge is 0.269 e. The van der Waals surface area contributed by atoms with Crippen LogP contribution in [0.3, 0.4) is 0 Å². The third kappa shape index (κ3) is 2.64. The first-order valence-corrected chi connectivity index (χ1v) is 9.30. The largest absolute Gasteiger partial charge is 0.307 e. The number of carbonyl (C=O) groups excluding carboxylic acids is 1. The fraction of sp³-hybridized carbons (Fsp3) is 0.154. The molecule has 1 aromatic heterocycles. The highest BCUT2D eigenvalue weighted by Crippen LogP contribution is 2.33. The molecule has 2 aromatic rings. The number of anilines is 1. The molecule has 0 radical (unpaired) electrons. The average Bonchev–Trinajstić information content (AvgIpc) is 3.02. The average molecular weight is 387 g/mol. The summed E-state index contributed by atoms with van der Waals surface area (Å²) in [7, 11) is -3.72. The number of hydrogen-bond donors (Lipinski definition) is 1. The Hall–Kier alpha value is -1.22. The lowest BCUT2D eigenvalue weighted by Gasteiger charge is -2.17. The van der Waals surface area contributed by atoms with Crippen LogP contribution in [0.4, 0.5) is 5.69 Å². The third-order valence-electron chi connectivity index (χ3n) is 3.33. The number of rotatable bonds is 2. The summed E-state index contributed by atoms with van der Waals surface area (Å²) in [5.41, 5.74) is 1.57. The van der Waals surface area contributed by atoms with Gasteiger partial charge < -0.3 is 4.90 Å². The van der Waals surface area contributed by atoms with Crippen LogP contribution in [0.2, 0.25) is 0 Å². The zero-order chi connectivity index (χ0) is 15.2. The SMILES string of the molecule is NS(=O)(=O)c1ccc2c(c1)CCN2C(=O)c1sccc1Br. The predicted octanol–water partition coefficient (Wildman–Crippen LogP) is 2.36. The first kappa shape index (κ1) is 14.7. The van der Waals surface area contributed by atoms with Crippen LogP contribution in [-0.4, -0.2) is 20.9 Å². The van der Waals surface area contributed by atoms with Gasteiger partial charge >= 0.3 is 0 Å². The second kappa shape index (κ2) is 5.20. The maximum atomic E-state index is 12.5. The van der Waals surface area contributed by atoms with E-state index in [0.717, 1.165) is 15.7 Å². The minimum Gasteiger partial charge on any atom is -0.307 e. The molecule has 110 valence electrons. The Morgan fingerprint density at radius 3 is 2.71 bits per heavy atom. The third-order valence-corrected chi connectivity index (χ3v) is 6.07. The van der Waals surface area contributed by atoms with E-state index in [1.807, 2.05) is 11.4 Å². The van der Waals surface area contributed by atoms with E-state index in [4.69, 9.17) is 5.14 Å². The van der Waals surface area contributed by atoms with E-state index in [1.165, 1.54) is 17.4 Å². The highest BCUT2D eigenvalue weighted by atomic mass is 79.9. The number of carbonyl (C=O) groups is 1. The number of hydrogen-bond acceptors (Lipinski definition) is 4. The highest BCUT2D eigenvalue weighted by molar-refractivity contribution is 9.10. The van der Waals surface area contributed by atoms with E-state index in [-0.39, 0.29) is 10.8 Å². The molecule has 1 aliphatic heterocycles. The van der Waals surface area contributed by atoms with Crippen LogP contribution in [0.15, 0.2) is 39.0 Å². The van der Waals surface area contributed by atoms with E-state index < -0.39 is 10.0 Å². The van der Waals surface area contributed by atoms with Gasteiger partial charge in [-0.05, 0) is 57.6 Å². The van der Waals surface area contributed by atoms with Crippen molar-refractivity contribution in [3.05, 3.63) is 44.6 Å². The Morgan fingerprint density at radius 1 is 1.33 bits per heavy atom. The number of thiophene rings is 1. The second-order valence-electron chi connectivity index (χ2n) is 4.64. The molecule has 1 aromatic carbocycles. The lowest BCUT2D eigenvalue weighted by atomic mass is 10.2. The zero-order valence-corrected chi connectivity index (χ0v) is 14.0. The predicted molar refractivity (Wildman–Crippen MR) is 85.2 cm³/mol. The summed E-state index contributed by atoms with van der Waals surface area (Å²) in [4.78, 5) is 14.9. The van der Waals surface area contributed by atoms with Gasteiger partial charge in [-0.3, -0.25) is 4.79 Å². The molecule has 0 atom stereocenters. The molecule has 1 aliphatic rings. The number of nitrogens with zero attached hydrogens (tertiary/aromatic N) is 1. The zero-order valence-electron chi connectivity index (χ0n) is 10.7. The Kier molecular flexibility index (Phi) is 3.64. The maximum Gasteiger partial charge on any atom is 0.269 e. The lowest BCUT2D eigenvalue weighted by Crippen LogP contribution is -2.28. The molecule has 0 unspecified atom stereocenters. The molecule has 2 heterocycles. The Bertz CT molecular complexity index is 830. The molecule has 5 nitrogen and oxygen atoms in total. The van der Waals surface area contributed by atoms with E-state index in [9.17, 15) is 13.2 Å². The van der Waals surface area contributed by atoms with Crippen LogP contribution >= 0.6 is 27.3 Å². The standard InChI is InChI=1S/C13H11BrN2O3S2/c14-10-4-6-20-12(10)13(17)16-5-3-8-7-9(21(15,18)19)1-2-11(8)16/h1-2,4,6-7H,3,5H2,(H2,15,18,19). The summed E-state index contributed by atoms with van der Waals surface area (Å²) in [5, 5.41) is 6.98. The molecule has 0 spiro atoms. The number of halogens is 1. The molecule has 0 saturated carbocycles. The number of fused-ring (bicyclic) bond motifs is 1. The second-order valence-corrected chi connectivity index (χ2v) is 7.97. The van der Waals surface area contributed by atoms with E-state index >= 15 is 0 Å². The van der Waals surface area contributed by atoms with Crippen LogP contribution in [0.5, 0.6) is 0 Å². The van der Waals surface area contributed by atoms with Crippen LogP contribution in [0.1, 0.15) is 15.2 Å². The summed E-state index contributed by atoms with van der Waals surface area (Å²) in [6.07, 6.45) is 0.618. The number of amides is 1. The first-order chi connectivity index (χ1) is 9.88. The maximum absolute atomic E-state index is 12.5. The summed E-state index contributed by atoms with van der Waals surface area (Å²) in [6.45, 7) is 0.534. The fourth-order valence-electron chi connectivity index (χ4n) is 2.33. The number of nitrogens with two attached hydrogens (primary N) is 1. The van der Waals surface area contributed by atoms with Gasteiger partial charge in [0, 0.05) is 16.7 Å². The number of benzene rings is 1. The summed E-state index contributed by atoms with van der Waals surface area (Å²) in [5.74, 6) is -0.0843. The van der Waals surface area contributed by atoms with Gasteiger partial charge in [-0.1, -0.05) is 0 Å². The van der Waals surface area contributed by atoms with E-state index in [0.29, 0.717) is 17.8 Å². The Labute approximate surface area is 134 Å².